The monoisotopic (exact) mass is 284 g/mol. The fourth-order valence-corrected chi connectivity index (χ4v) is 1.71. The molecule has 0 radical (unpaired) electrons. The van der Waals surface area contributed by atoms with E-state index in [1.807, 2.05) is 18.2 Å². The Morgan fingerprint density at radius 1 is 1.38 bits per heavy atom. The summed E-state index contributed by atoms with van der Waals surface area (Å²) in [7, 11) is 1.58. The molecular formula is C16H13FN2O2. The molecular weight excluding hydrogens is 271 g/mol. The predicted octanol–water partition coefficient (Wildman–Crippen LogP) is 3.32. The Morgan fingerprint density at radius 3 is 2.67 bits per heavy atom. The molecule has 4 nitrogen and oxygen atoms in total. The number of benzene rings is 1. The summed E-state index contributed by atoms with van der Waals surface area (Å²) < 4.78 is 24.2. The van der Waals surface area contributed by atoms with Crippen LogP contribution in [0.2, 0.25) is 0 Å². The molecule has 5 heteroatoms. The highest BCUT2D eigenvalue weighted by Gasteiger charge is 2.11. The van der Waals surface area contributed by atoms with E-state index in [-0.39, 0.29) is 18.1 Å². The second-order valence-electron chi connectivity index (χ2n) is 4.16. The van der Waals surface area contributed by atoms with Crippen molar-refractivity contribution in [3.05, 3.63) is 59.5 Å². The molecule has 0 spiro atoms. The van der Waals surface area contributed by atoms with Crippen molar-refractivity contribution in [1.29, 1.82) is 5.26 Å². The Bertz CT molecular complexity index is 691. The van der Waals surface area contributed by atoms with E-state index in [0.29, 0.717) is 5.69 Å². The van der Waals surface area contributed by atoms with Crippen molar-refractivity contribution >= 4 is 6.08 Å². The zero-order chi connectivity index (χ0) is 15.2. The van der Waals surface area contributed by atoms with Crippen LogP contribution in [-0.2, 0) is 6.61 Å². The SMILES string of the molecule is C=Cc1nc(OCc2ccc(OC)cc2)c(F)cc1C#N. The van der Waals surface area contributed by atoms with Crippen molar-refractivity contribution in [2.24, 2.45) is 0 Å². The Labute approximate surface area is 122 Å². The van der Waals surface area contributed by atoms with Gasteiger partial charge in [0.2, 0.25) is 0 Å². The molecule has 2 aromatic rings. The van der Waals surface area contributed by atoms with E-state index in [9.17, 15) is 4.39 Å². The van der Waals surface area contributed by atoms with Crippen molar-refractivity contribution < 1.29 is 13.9 Å². The number of hydrogen-bond acceptors (Lipinski definition) is 4. The van der Waals surface area contributed by atoms with Crippen LogP contribution in [0.1, 0.15) is 16.8 Å². The zero-order valence-electron chi connectivity index (χ0n) is 11.5. The van der Waals surface area contributed by atoms with Gasteiger partial charge in [0.05, 0.1) is 18.4 Å². The number of hydrogen-bond donors (Lipinski definition) is 0. The third-order valence-corrected chi connectivity index (χ3v) is 2.82. The molecule has 0 unspecified atom stereocenters. The summed E-state index contributed by atoms with van der Waals surface area (Å²) in [5, 5.41) is 8.87. The molecule has 0 N–H and O–H groups in total. The van der Waals surface area contributed by atoms with Gasteiger partial charge in [-0.3, -0.25) is 0 Å². The summed E-state index contributed by atoms with van der Waals surface area (Å²) in [6.07, 6.45) is 1.39. The van der Waals surface area contributed by atoms with Gasteiger partial charge in [0.15, 0.2) is 5.82 Å². The summed E-state index contributed by atoms with van der Waals surface area (Å²) >= 11 is 0. The summed E-state index contributed by atoms with van der Waals surface area (Å²) in [6, 6.07) is 10.2. The maximum absolute atomic E-state index is 13.8. The van der Waals surface area contributed by atoms with Crippen LogP contribution in [0.15, 0.2) is 36.9 Å². The second kappa shape index (κ2) is 6.53. The van der Waals surface area contributed by atoms with E-state index in [4.69, 9.17) is 14.7 Å². The van der Waals surface area contributed by atoms with E-state index >= 15 is 0 Å². The third kappa shape index (κ3) is 3.37. The molecule has 1 aromatic heterocycles. The summed E-state index contributed by atoms with van der Waals surface area (Å²) in [5.41, 5.74) is 1.27. The van der Waals surface area contributed by atoms with Gasteiger partial charge in [-0.15, -0.1) is 0 Å². The molecule has 0 saturated carbocycles. The van der Waals surface area contributed by atoms with E-state index in [1.54, 1.807) is 19.2 Å². The van der Waals surface area contributed by atoms with Crippen LogP contribution in [0, 0.1) is 17.1 Å². The third-order valence-electron chi connectivity index (χ3n) is 2.82. The molecule has 0 aliphatic rings. The Kier molecular flexibility index (Phi) is 4.52. The zero-order valence-corrected chi connectivity index (χ0v) is 11.5. The smallest absolute Gasteiger partial charge is 0.251 e. The summed E-state index contributed by atoms with van der Waals surface area (Å²) in [5.74, 6) is -0.0965. The molecule has 0 aliphatic heterocycles. The minimum atomic E-state index is -0.675. The lowest BCUT2D eigenvalue weighted by Crippen LogP contribution is -2.02. The van der Waals surface area contributed by atoms with Crippen LogP contribution in [0.3, 0.4) is 0 Å². The van der Waals surface area contributed by atoms with Gasteiger partial charge in [-0.1, -0.05) is 18.7 Å². The fraction of sp³-hybridized carbons (Fsp3) is 0.125. The van der Waals surface area contributed by atoms with Crippen LogP contribution in [0.25, 0.3) is 6.08 Å². The van der Waals surface area contributed by atoms with Crippen LogP contribution in [0.4, 0.5) is 4.39 Å². The van der Waals surface area contributed by atoms with Crippen LogP contribution in [0.5, 0.6) is 11.6 Å². The molecule has 0 aliphatic carbocycles. The van der Waals surface area contributed by atoms with Crippen LogP contribution >= 0.6 is 0 Å². The van der Waals surface area contributed by atoms with Gasteiger partial charge < -0.3 is 9.47 Å². The van der Waals surface area contributed by atoms with Gasteiger partial charge in [-0.2, -0.15) is 5.26 Å². The van der Waals surface area contributed by atoms with E-state index in [1.165, 1.54) is 6.08 Å². The van der Waals surface area contributed by atoms with Crippen molar-refractivity contribution in [3.8, 4) is 17.7 Å². The van der Waals surface area contributed by atoms with E-state index < -0.39 is 5.82 Å². The second-order valence-corrected chi connectivity index (χ2v) is 4.16. The summed E-state index contributed by atoms with van der Waals surface area (Å²) in [4.78, 5) is 3.95. The molecule has 2 rings (SSSR count). The van der Waals surface area contributed by atoms with Crippen molar-refractivity contribution in [2.75, 3.05) is 7.11 Å². The van der Waals surface area contributed by atoms with Gasteiger partial charge in [0.25, 0.3) is 5.88 Å². The molecule has 0 fully saturated rings. The number of aromatic nitrogens is 1. The lowest BCUT2D eigenvalue weighted by atomic mass is 10.2. The number of pyridine rings is 1. The Morgan fingerprint density at radius 2 is 2.10 bits per heavy atom. The van der Waals surface area contributed by atoms with Gasteiger partial charge in [-0.25, -0.2) is 9.37 Å². The molecule has 21 heavy (non-hydrogen) atoms. The molecule has 106 valence electrons. The van der Waals surface area contributed by atoms with Gasteiger partial charge in [0, 0.05) is 0 Å². The molecule has 1 heterocycles. The minimum Gasteiger partial charge on any atom is -0.497 e. The highest BCUT2D eigenvalue weighted by molar-refractivity contribution is 5.53. The van der Waals surface area contributed by atoms with Crippen LogP contribution in [-0.4, -0.2) is 12.1 Å². The number of ether oxygens (including phenoxy) is 2. The average molecular weight is 284 g/mol. The lowest BCUT2D eigenvalue weighted by molar-refractivity contribution is 0.277. The Balaban J connectivity index is 2.15. The van der Waals surface area contributed by atoms with Gasteiger partial charge >= 0.3 is 0 Å². The molecule has 0 atom stereocenters. The minimum absolute atomic E-state index is 0.124. The van der Waals surface area contributed by atoms with E-state index in [0.717, 1.165) is 17.4 Å². The quantitative estimate of drug-likeness (QED) is 0.845. The highest BCUT2D eigenvalue weighted by Crippen LogP contribution is 2.20. The average Bonchev–Trinajstić information content (AvgIpc) is 2.53. The normalized spacial score (nSPS) is 9.76. The first-order valence-electron chi connectivity index (χ1n) is 6.16. The summed E-state index contributed by atoms with van der Waals surface area (Å²) in [6.45, 7) is 3.71. The first kappa shape index (κ1) is 14.5. The van der Waals surface area contributed by atoms with Crippen molar-refractivity contribution in [3.63, 3.8) is 0 Å². The highest BCUT2D eigenvalue weighted by atomic mass is 19.1. The topological polar surface area (TPSA) is 55.1 Å². The molecule has 0 bridgehead atoms. The van der Waals surface area contributed by atoms with Gasteiger partial charge in [-0.05, 0) is 29.8 Å². The largest absolute Gasteiger partial charge is 0.497 e. The van der Waals surface area contributed by atoms with Crippen molar-refractivity contribution in [2.45, 2.75) is 6.61 Å². The first-order valence-corrected chi connectivity index (χ1v) is 6.16. The lowest BCUT2D eigenvalue weighted by Gasteiger charge is -2.08. The van der Waals surface area contributed by atoms with E-state index in [2.05, 4.69) is 11.6 Å². The van der Waals surface area contributed by atoms with Crippen LogP contribution < -0.4 is 9.47 Å². The fourth-order valence-electron chi connectivity index (χ4n) is 1.71. The van der Waals surface area contributed by atoms with Crippen molar-refractivity contribution in [1.82, 2.24) is 4.98 Å². The maximum Gasteiger partial charge on any atom is 0.251 e. The van der Waals surface area contributed by atoms with Gasteiger partial charge in [0.1, 0.15) is 18.4 Å². The number of nitriles is 1. The maximum atomic E-state index is 13.8. The number of nitrogens with zero attached hydrogens (tertiary/aromatic N) is 2. The number of methoxy groups -OCH3 is 1. The molecule has 0 saturated heterocycles. The molecule has 1 aromatic carbocycles. The molecule has 0 amide bonds. The number of halogens is 1. The predicted molar refractivity (Wildman–Crippen MR) is 76.3 cm³/mol. The number of rotatable bonds is 5. The standard InChI is InChI=1S/C16H13FN2O2/c1-3-15-12(9-18)8-14(17)16(19-15)21-10-11-4-6-13(20-2)7-5-11/h3-8H,1,10H2,2H3. The Hall–Kier alpha value is -2.87. The first-order chi connectivity index (χ1) is 10.2.